The fraction of sp³-hybridized carbons (Fsp3) is 0.333. The number of halogens is 2. The highest BCUT2D eigenvalue weighted by Crippen LogP contribution is 2.47. The molecule has 2 atom stereocenters. The maximum Gasteiger partial charge on any atom is 0.308 e. The summed E-state index contributed by atoms with van der Waals surface area (Å²) in [7, 11) is 6.08. The molecule has 9 nitrogen and oxygen atoms in total. The van der Waals surface area contributed by atoms with Crippen molar-refractivity contribution in [3.8, 4) is 23.0 Å². The standard InChI is InChI=1S/C30H31Cl2NO8/c1-6-40-26(34)15-25-30(35)33(16-17-7-9-19(36-2)14-24(17)38-4)22-11-8-18(31)13-21(22)28(41-25)20-10-12-23(37-3)29(39-5)27(20)32/h7-14,25,28H,6,15-16H2,1-5H3/t25-,28-/m1/s1. The summed E-state index contributed by atoms with van der Waals surface area (Å²) in [5.41, 5.74) is 2.30. The third-order valence-corrected chi connectivity index (χ3v) is 7.31. The number of fused-ring (bicyclic) bond motifs is 1. The largest absolute Gasteiger partial charge is 0.497 e. The molecule has 1 aliphatic rings. The lowest BCUT2D eigenvalue weighted by atomic mass is 9.98. The van der Waals surface area contributed by atoms with Crippen molar-refractivity contribution in [2.45, 2.75) is 32.1 Å². The number of esters is 1. The SMILES string of the molecule is CCOC(=O)C[C@H]1O[C@H](c2ccc(OC)c(OC)c2Cl)c2cc(Cl)ccc2N(Cc2ccc(OC)cc2OC)C1=O. The number of hydrogen-bond donors (Lipinski definition) is 0. The number of carbonyl (C=O) groups is 2. The zero-order valence-corrected chi connectivity index (χ0v) is 24.9. The van der Waals surface area contributed by atoms with E-state index in [2.05, 4.69) is 0 Å². The molecule has 41 heavy (non-hydrogen) atoms. The first-order valence-corrected chi connectivity index (χ1v) is 13.5. The molecular weight excluding hydrogens is 573 g/mol. The zero-order valence-electron chi connectivity index (χ0n) is 23.4. The van der Waals surface area contributed by atoms with E-state index in [0.717, 1.165) is 0 Å². The fourth-order valence-electron chi connectivity index (χ4n) is 4.74. The summed E-state index contributed by atoms with van der Waals surface area (Å²) in [5, 5.41) is 0.655. The van der Waals surface area contributed by atoms with E-state index in [-0.39, 0.29) is 24.6 Å². The lowest BCUT2D eigenvalue weighted by Crippen LogP contribution is -2.40. The van der Waals surface area contributed by atoms with Crippen LogP contribution in [0, 0.1) is 0 Å². The van der Waals surface area contributed by atoms with Crippen LogP contribution in [0.25, 0.3) is 0 Å². The van der Waals surface area contributed by atoms with Gasteiger partial charge in [-0.3, -0.25) is 9.59 Å². The number of methoxy groups -OCH3 is 4. The Morgan fingerprint density at radius 2 is 1.66 bits per heavy atom. The number of amides is 1. The van der Waals surface area contributed by atoms with Gasteiger partial charge < -0.3 is 33.3 Å². The molecule has 1 heterocycles. The van der Waals surface area contributed by atoms with Crippen molar-refractivity contribution in [1.29, 1.82) is 0 Å². The van der Waals surface area contributed by atoms with E-state index in [0.29, 0.717) is 50.4 Å². The van der Waals surface area contributed by atoms with Crippen LogP contribution in [0.2, 0.25) is 10.0 Å². The second-order valence-electron chi connectivity index (χ2n) is 9.02. The van der Waals surface area contributed by atoms with Gasteiger partial charge in [-0.2, -0.15) is 0 Å². The molecule has 0 fully saturated rings. The summed E-state index contributed by atoms with van der Waals surface area (Å²) < 4.78 is 33.4. The molecule has 0 radical (unpaired) electrons. The van der Waals surface area contributed by atoms with Gasteiger partial charge >= 0.3 is 5.97 Å². The molecule has 4 rings (SSSR count). The third-order valence-electron chi connectivity index (χ3n) is 6.68. The number of benzene rings is 3. The highest BCUT2D eigenvalue weighted by molar-refractivity contribution is 6.33. The average Bonchev–Trinajstić information content (AvgIpc) is 3.07. The van der Waals surface area contributed by atoms with Crippen molar-refractivity contribution in [1.82, 2.24) is 0 Å². The van der Waals surface area contributed by atoms with Gasteiger partial charge in [0.15, 0.2) is 11.5 Å². The van der Waals surface area contributed by atoms with E-state index < -0.39 is 24.1 Å². The lowest BCUT2D eigenvalue weighted by molar-refractivity contribution is -0.151. The van der Waals surface area contributed by atoms with Gasteiger partial charge in [-0.25, -0.2) is 0 Å². The minimum Gasteiger partial charge on any atom is -0.497 e. The van der Waals surface area contributed by atoms with Gasteiger partial charge in [0.2, 0.25) is 0 Å². The number of carbonyl (C=O) groups excluding carboxylic acids is 2. The smallest absolute Gasteiger partial charge is 0.308 e. The van der Waals surface area contributed by atoms with Gasteiger partial charge in [-0.05, 0) is 43.3 Å². The molecule has 0 saturated carbocycles. The highest BCUT2D eigenvalue weighted by atomic mass is 35.5. The van der Waals surface area contributed by atoms with Crippen molar-refractivity contribution >= 4 is 40.8 Å². The minimum absolute atomic E-state index is 0.107. The van der Waals surface area contributed by atoms with E-state index in [1.54, 1.807) is 61.4 Å². The van der Waals surface area contributed by atoms with Gasteiger partial charge in [-0.1, -0.05) is 29.3 Å². The summed E-state index contributed by atoms with van der Waals surface area (Å²) in [6.07, 6.45) is -2.42. The Kier molecular flexibility index (Phi) is 9.86. The molecular formula is C30H31Cl2NO8. The van der Waals surface area contributed by atoms with E-state index >= 15 is 0 Å². The van der Waals surface area contributed by atoms with Crippen molar-refractivity contribution in [3.63, 3.8) is 0 Å². The van der Waals surface area contributed by atoms with Crippen LogP contribution in [0.15, 0.2) is 48.5 Å². The van der Waals surface area contributed by atoms with Crippen molar-refractivity contribution in [2.75, 3.05) is 39.9 Å². The molecule has 3 aromatic carbocycles. The molecule has 0 N–H and O–H groups in total. The number of ether oxygens (including phenoxy) is 6. The van der Waals surface area contributed by atoms with E-state index in [4.69, 9.17) is 51.6 Å². The molecule has 0 aromatic heterocycles. The van der Waals surface area contributed by atoms with Crippen molar-refractivity contribution in [2.24, 2.45) is 0 Å². The Hall–Kier alpha value is -3.66. The van der Waals surface area contributed by atoms with Gasteiger partial charge in [0.25, 0.3) is 5.91 Å². The first kappa shape index (κ1) is 30.3. The predicted octanol–water partition coefficient (Wildman–Crippen LogP) is 6.00. The first-order chi connectivity index (χ1) is 19.8. The van der Waals surface area contributed by atoms with Crippen LogP contribution in [-0.2, 0) is 25.6 Å². The Morgan fingerprint density at radius 1 is 0.902 bits per heavy atom. The Bertz CT molecular complexity index is 1430. The van der Waals surface area contributed by atoms with Crippen LogP contribution in [-0.4, -0.2) is 53.0 Å². The van der Waals surface area contributed by atoms with Gasteiger partial charge in [0.1, 0.15) is 23.7 Å². The quantitative estimate of drug-likeness (QED) is 0.260. The predicted molar refractivity (Wildman–Crippen MR) is 155 cm³/mol. The Labute approximate surface area is 248 Å². The second kappa shape index (κ2) is 13.3. The molecule has 0 unspecified atom stereocenters. The molecule has 0 spiro atoms. The Balaban J connectivity index is 1.91. The monoisotopic (exact) mass is 603 g/mol. The Morgan fingerprint density at radius 3 is 2.32 bits per heavy atom. The first-order valence-electron chi connectivity index (χ1n) is 12.8. The molecule has 218 valence electrons. The highest BCUT2D eigenvalue weighted by Gasteiger charge is 2.39. The number of rotatable bonds is 10. The third kappa shape index (κ3) is 6.32. The normalized spacial score (nSPS) is 16.5. The van der Waals surface area contributed by atoms with Crippen LogP contribution < -0.4 is 23.8 Å². The molecule has 0 saturated heterocycles. The summed E-state index contributed by atoms with van der Waals surface area (Å²) >= 11 is 13.3. The van der Waals surface area contributed by atoms with Crippen molar-refractivity contribution < 1.29 is 38.0 Å². The lowest BCUT2D eigenvalue weighted by Gasteiger charge is -2.26. The number of nitrogens with zero attached hydrogens (tertiary/aromatic N) is 1. The topological polar surface area (TPSA) is 92.8 Å². The fourth-order valence-corrected chi connectivity index (χ4v) is 5.25. The zero-order chi connectivity index (χ0) is 29.7. The maximum atomic E-state index is 14.2. The van der Waals surface area contributed by atoms with Gasteiger partial charge in [0.05, 0.1) is 58.7 Å². The molecule has 0 aliphatic carbocycles. The number of hydrogen-bond acceptors (Lipinski definition) is 8. The second-order valence-corrected chi connectivity index (χ2v) is 9.84. The van der Waals surface area contributed by atoms with E-state index in [1.165, 1.54) is 21.3 Å². The van der Waals surface area contributed by atoms with Crippen LogP contribution in [0.3, 0.4) is 0 Å². The van der Waals surface area contributed by atoms with Gasteiger partial charge in [0, 0.05) is 27.8 Å². The van der Waals surface area contributed by atoms with E-state index in [9.17, 15) is 9.59 Å². The molecule has 1 aliphatic heterocycles. The van der Waals surface area contributed by atoms with Crippen LogP contribution >= 0.6 is 23.2 Å². The minimum atomic E-state index is -1.21. The summed E-state index contributed by atoms with van der Waals surface area (Å²) in [5.74, 6) is 0.836. The van der Waals surface area contributed by atoms with Gasteiger partial charge in [-0.15, -0.1) is 0 Å². The van der Waals surface area contributed by atoms with Crippen LogP contribution in [0.4, 0.5) is 5.69 Å². The molecule has 3 aromatic rings. The summed E-state index contributed by atoms with van der Waals surface area (Å²) in [6, 6.07) is 13.9. The summed E-state index contributed by atoms with van der Waals surface area (Å²) in [6.45, 7) is 1.96. The van der Waals surface area contributed by atoms with Crippen LogP contribution in [0.5, 0.6) is 23.0 Å². The van der Waals surface area contributed by atoms with Crippen LogP contribution in [0.1, 0.15) is 36.1 Å². The van der Waals surface area contributed by atoms with Crippen molar-refractivity contribution in [3.05, 3.63) is 75.3 Å². The molecule has 1 amide bonds. The maximum absolute atomic E-state index is 14.2. The number of anilines is 1. The average molecular weight is 604 g/mol. The molecule has 0 bridgehead atoms. The van der Waals surface area contributed by atoms with E-state index in [1.807, 2.05) is 6.07 Å². The molecule has 11 heteroatoms. The summed E-state index contributed by atoms with van der Waals surface area (Å²) in [4.78, 5) is 28.3.